The number of anilines is 2. The van der Waals surface area contributed by atoms with E-state index >= 15 is 0 Å². The standard InChI is InChI=1S/C18H24N4O4/c1-12-10-14(22-18(20-12)19-8-5-9-24-2)17(23)21-13-6-7-15(25-3)16(11-13)26-4/h6-7,10-11H,5,8-9H2,1-4H3,(H,21,23)(H,19,20,22). The molecule has 2 rings (SSSR count). The van der Waals surface area contributed by atoms with Crippen LogP contribution >= 0.6 is 0 Å². The van der Waals surface area contributed by atoms with Gasteiger partial charge in [-0.15, -0.1) is 0 Å². The molecule has 0 bridgehead atoms. The van der Waals surface area contributed by atoms with Crippen LogP contribution in [-0.2, 0) is 4.74 Å². The minimum atomic E-state index is -0.331. The Kier molecular flexibility index (Phi) is 7.16. The van der Waals surface area contributed by atoms with Gasteiger partial charge in [-0.1, -0.05) is 0 Å². The van der Waals surface area contributed by atoms with Gasteiger partial charge in [-0.2, -0.15) is 0 Å². The second-order valence-corrected chi connectivity index (χ2v) is 5.52. The van der Waals surface area contributed by atoms with Crippen molar-refractivity contribution in [1.82, 2.24) is 9.97 Å². The van der Waals surface area contributed by atoms with E-state index in [0.29, 0.717) is 42.0 Å². The van der Waals surface area contributed by atoms with E-state index in [1.807, 2.05) is 6.92 Å². The van der Waals surface area contributed by atoms with Gasteiger partial charge in [0, 0.05) is 37.7 Å². The molecule has 140 valence electrons. The van der Waals surface area contributed by atoms with Gasteiger partial charge in [0.2, 0.25) is 5.95 Å². The lowest BCUT2D eigenvalue weighted by Crippen LogP contribution is -2.16. The van der Waals surface area contributed by atoms with Gasteiger partial charge in [0.05, 0.1) is 14.2 Å². The number of carbonyl (C=O) groups excluding carboxylic acids is 1. The molecule has 0 saturated carbocycles. The number of ether oxygens (including phenoxy) is 3. The van der Waals surface area contributed by atoms with Crippen molar-refractivity contribution in [2.24, 2.45) is 0 Å². The lowest BCUT2D eigenvalue weighted by Gasteiger charge is -2.11. The smallest absolute Gasteiger partial charge is 0.274 e. The first-order valence-corrected chi connectivity index (χ1v) is 8.19. The molecular weight excluding hydrogens is 336 g/mol. The quantitative estimate of drug-likeness (QED) is 0.664. The van der Waals surface area contributed by atoms with Crippen LogP contribution in [0.4, 0.5) is 11.6 Å². The number of methoxy groups -OCH3 is 3. The predicted octanol–water partition coefficient (Wildman–Crippen LogP) is 2.50. The third-order valence-corrected chi connectivity index (χ3v) is 3.54. The van der Waals surface area contributed by atoms with Crippen LogP contribution in [0.25, 0.3) is 0 Å². The average Bonchev–Trinajstić information content (AvgIpc) is 2.64. The molecule has 1 heterocycles. The van der Waals surface area contributed by atoms with Gasteiger partial charge in [-0.25, -0.2) is 9.97 Å². The summed E-state index contributed by atoms with van der Waals surface area (Å²) in [6.45, 7) is 3.12. The molecule has 0 unspecified atom stereocenters. The third kappa shape index (κ3) is 5.32. The van der Waals surface area contributed by atoms with Crippen LogP contribution in [0.5, 0.6) is 11.5 Å². The SMILES string of the molecule is COCCCNc1nc(C)cc(C(=O)Nc2ccc(OC)c(OC)c2)n1. The van der Waals surface area contributed by atoms with E-state index in [1.54, 1.807) is 45.6 Å². The maximum atomic E-state index is 12.5. The molecule has 0 spiro atoms. The van der Waals surface area contributed by atoms with E-state index in [2.05, 4.69) is 20.6 Å². The topological polar surface area (TPSA) is 94.6 Å². The minimum Gasteiger partial charge on any atom is -0.493 e. The average molecular weight is 360 g/mol. The molecule has 0 aliphatic carbocycles. The fourth-order valence-corrected chi connectivity index (χ4v) is 2.29. The number of aromatic nitrogens is 2. The molecule has 8 nitrogen and oxygen atoms in total. The highest BCUT2D eigenvalue weighted by molar-refractivity contribution is 6.03. The molecule has 0 saturated heterocycles. The first-order chi connectivity index (χ1) is 12.6. The molecular formula is C18H24N4O4. The molecule has 26 heavy (non-hydrogen) atoms. The van der Waals surface area contributed by atoms with Gasteiger partial charge in [0.1, 0.15) is 5.69 Å². The van der Waals surface area contributed by atoms with E-state index in [4.69, 9.17) is 14.2 Å². The Balaban J connectivity index is 2.10. The molecule has 1 aromatic carbocycles. The first kappa shape index (κ1) is 19.5. The maximum absolute atomic E-state index is 12.5. The molecule has 1 aromatic heterocycles. The van der Waals surface area contributed by atoms with Crippen molar-refractivity contribution in [2.75, 3.05) is 45.1 Å². The molecule has 0 fully saturated rings. The highest BCUT2D eigenvalue weighted by atomic mass is 16.5. The Labute approximate surface area is 152 Å². The largest absolute Gasteiger partial charge is 0.493 e. The van der Waals surface area contributed by atoms with Crippen LogP contribution in [0.1, 0.15) is 22.6 Å². The Bertz CT molecular complexity index is 752. The summed E-state index contributed by atoms with van der Waals surface area (Å²) in [4.78, 5) is 21.1. The summed E-state index contributed by atoms with van der Waals surface area (Å²) in [5.74, 6) is 1.21. The van der Waals surface area contributed by atoms with Crippen LogP contribution in [0.3, 0.4) is 0 Å². The number of hydrogen-bond donors (Lipinski definition) is 2. The van der Waals surface area contributed by atoms with E-state index in [-0.39, 0.29) is 11.6 Å². The van der Waals surface area contributed by atoms with E-state index in [9.17, 15) is 4.79 Å². The molecule has 2 aromatic rings. The molecule has 0 aliphatic rings. The molecule has 0 radical (unpaired) electrons. The van der Waals surface area contributed by atoms with Crippen molar-refractivity contribution in [3.05, 3.63) is 35.7 Å². The second kappa shape index (κ2) is 9.57. The monoisotopic (exact) mass is 360 g/mol. The summed E-state index contributed by atoms with van der Waals surface area (Å²) < 4.78 is 15.4. The van der Waals surface area contributed by atoms with Gasteiger partial charge >= 0.3 is 0 Å². The van der Waals surface area contributed by atoms with Crippen LogP contribution in [0.15, 0.2) is 24.3 Å². The maximum Gasteiger partial charge on any atom is 0.274 e. The number of aryl methyl sites for hydroxylation is 1. The minimum absolute atomic E-state index is 0.279. The van der Waals surface area contributed by atoms with Crippen LogP contribution in [0.2, 0.25) is 0 Å². The third-order valence-electron chi connectivity index (χ3n) is 3.54. The predicted molar refractivity (Wildman–Crippen MR) is 99.3 cm³/mol. The Morgan fingerprint density at radius 3 is 2.54 bits per heavy atom. The second-order valence-electron chi connectivity index (χ2n) is 5.52. The fourth-order valence-electron chi connectivity index (χ4n) is 2.29. The number of rotatable bonds is 9. The normalized spacial score (nSPS) is 10.3. The number of nitrogens with zero attached hydrogens (tertiary/aromatic N) is 2. The summed E-state index contributed by atoms with van der Waals surface area (Å²) >= 11 is 0. The van der Waals surface area contributed by atoms with Crippen molar-refractivity contribution in [1.29, 1.82) is 0 Å². The van der Waals surface area contributed by atoms with Crippen LogP contribution in [0, 0.1) is 6.92 Å². The van der Waals surface area contributed by atoms with Crippen molar-refractivity contribution >= 4 is 17.5 Å². The zero-order valence-corrected chi connectivity index (χ0v) is 15.5. The summed E-state index contributed by atoms with van der Waals surface area (Å²) in [7, 11) is 4.75. The number of benzene rings is 1. The van der Waals surface area contributed by atoms with Crippen LogP contribution in [-0.4, -0.2) is 50.4 Å². The van der Waals surface area contributed by atoms with E-state index in [1.165, 1.54) is 0 Å². The lowest BCUT2D eigenvalue weighted by atomic mass is 10.2. The first-order valence-electron chi connectivity index (χ1n) is 8.19. The summed E-state index contributed by atoms with van der Waals surface area (Å²) in [6.07, 6.45) is 0.820. The lowest BCUT2D eigenvalue weighted by molar-refractivity contribution is 0.102. The summed E-state index contributed by atoms with van der Waals surface area (Å²) in [5.41, 5.74) is 1.56. The fraction of sp³-hybridized carbons (Fsp3) is 0.389. The Morgan fingerprint density at radius 2 is 1.85 bits per heavy atom. The van der Waals surface area contributed by atoms with E-state index in [0.717, 1.165) is 6.42 Å². The number of amides is 1. The van der Waals surface area contributed by atoms with Gasteiger partial charge in [0.25, 0.3) is 5.91 Å². The summed E-state index contributed by atoms with van der Waals surface area (Å²) in [5, 5.41) is 5.90. The highest BCUT2D eigenvalue weighted by Gasteiger charge is 2.12. The van der Waals surface area contributed by atoms with Gasteiger partial charge in [0.15, 0.2) is 11.5 Å². The molecule has 0 aliphatic heterocycles. The summed E-state index contributed by atoms with van der Waals surface area (Å²) in [6, 6.07) is 6.78. The van der Waals surface area contributed by atoms with Gasteiger partial charge in [-0.3, -0.25) is 4.79 Å². The van der Waals surface area contributed by atoms with Crippen molar-refractivity contribution in [3.63, 3.8) is 0 Å². The number of nitrogens with one attached hydrogen (secondary N) is 2. The number of carbonyl (C=O) groups is 1. The van der Waals surface area contributed by atoms with Gasteiger partial charge in [-0.05, 0) is 31.5 Å². The Hall–Kier alpha value is -2.87. The van der Waals surface area contributed by atoms with E-state index < -0.39 is 0 Å². The van der Waals surface area contributed by atoms with Crippen molar-refractivity contribution in [2.45, 2.75) is 13.3 Å². The zero-order chi connectivity index (χ0) is 18.9. The van der Waals surface area contributed by atoms with Crippen LogP contribution < -0.4 is 20.1 Å². The van der Waals surface area contributed by atoms with Crippen molar-refractivity contribution < 1.29 is 19.0 Å². The Morgan fingerprint density at radius 1 is 1.08 bits per heavy atom. The van der Waals surface area contributed by atoms with Crippen molar-refractivity contribution in [3.8, 4) is 11.5 Å². The number of hydrogen-bond acceptors (Lipinski definition) is 7. The molecule has 1 amide bonds. The molecule has 8 heteroatoms. The highest BCUT2D eigenvalue weighted by Crippen LogP contribution is 2.29. The van der Waals surface area contributed by atoms with Gasteiger partial charge < -0.3 is 24.8 Å². The zero-order valence-electron chi connectivity index (χ0n) is 15.5. The molecule has 0 atom stereocenters. The molecule has 2 N–H and O–H groups in total.